The van der Waals surface area contributed by atoms with Gasteiger partial charge in [0.15, 0.2) is 6.10 Å². The average molecular weight is 867 g/mol. The Kier molecular flexibility index (Phi) is 40.8. The summed E-state index contributed by atoms with van der Waals surface area (Å²) in [6.45, 7) is 4.36. The first-order chi connectivity index (χ1) is 29.0. The van der Waals surface area contributed by atoms with E-state index in [4.69, 9.17) is 18.5 Å². The summed E-state index contributed by atoms with van der Waals surface area (Å²) in [5.41, 5.74) is 0. The Bertz CT molecular complexity index is 1160. The van der Waals surface area contributed by atoms with E-state index in [-0.39, 0.29) is 26.1 Å². The van der Waals surface area contributed by atoms with E-state index in [2.05, 4.69) is 62.5 Å². The monoisotopic (exact) mass is 867 g/mol. The predicted octanol–water partition coefficient (Wildman–Crippen LogP) is 14.2. The van der Waals surface area contributed by atoms with E-state index < -0.39 is 32.5 Å². The Hall–Kier alpha value is -2.03. The zero-order chi connectivity index (χ0) is 44.3. The number of likely N-dealkylation sites (N-methyl/N-ethyl adjacent to an activating group) is 1. The number of carbonyl (C=O) groups excluding carboxylic acids is 2. The number of hydrogen-bond acceptors (Lipinski definition) is 7. The molecule has 0 aliphatic carbocycles. The largest absolute Gasteiger partial charge is 0.472 e. The summed E-state index contributed by atoms with van der Waals surface area (Å²) in [6.07, 6.45) is 50.2. The van der Waals surface area contributed by atoms with Crippen molar-refractivity contribution in [1.82, 2.24) is 0 Å². The Morgan fingerprint density at radius 2 is 0.917 bits per heavy atom. The lowest BCUT2D eigenvalue weighted by atomic mass is 10.1. The summed E-state index contributed by atoms with van der Waals surface area (Å²) in [4.78, 5) is 35.5. The van der Waals surface area contributed by atoms with Crippen LogP contribution in [0.25, 0.3) is 0 Å². The molecule has 0 aromatic rings. The number of phosphoric ester groups is 1. The van der Waals surface area contributed by atoms with Gasteiger partial charge in [0.2, 0.25) is 0 Å². The van der Waals surface area contributed by atoms with Gasteiger partial charge in [-0.15, -0.1) is 0 Å². The lowest BCUT2D eigenvalue weighted by molar-refractivity contribution is -0.870. The molecule has 0 amide bonds. The Balaban J connectivity index is 4.36. The van der Waals surface area contributed by atoms with Gasteiger partial charge in [0.05, 0.1) is 27.7 Å². The summed E-state index contributed by atoms with van der Waals surface area (Å²) >= 11 is 0. The molecule has 0 aliphatic rings. The van der Waals surface area contributed by atoms with Gasteiger partial charge in [0.25, 0.3) is 0 Å². The number of rotatable bonds is 44. The molecule has 0 saturated heterocycles. The number of ether oxygens (including phenoxy) is 2. The minimum atomic E-state index is -4.39. The molecule has 1 N–H and O–H groups in total. The molecule has 0 bridgehead atoms. The maximum Gasteiger partial charge on any atom is 0.472 e. The van der Waals surface area contributed by atoms with Crippen LogP contribution in [0.1, 0.15) is 206 Å². The molecular formula is C50H93NO8P+. The van der Waals surface area contributed by atoms with Crippen LogP contribution in [0.4, 0.5) is 0 Å². The van der Waals surface area contributed by atoms with E-state index in [1.165, 1.54) is 116 Å². The van der Waals surface area contributed by atoms with E-state index >= 15 is 0 Å². The number of nitrogens with zero attached hydrogens (tertiary/aromatic N) is 1. The van der Waals surface area contributed by atoms with Gasteiger partial charge in [0.1, 0.15) is 19.8 Å². The number of carbonyl (C=O) groups is 2. The van der Waals surface area contributed by atoms with Crippen LogP contribution in [0.5, 0.6) is 0 Å². The van der Waals surface area contributed by atoms with Gasteiger partial charge in [-0.1, -0.05) is 172 Å². The van der Waals surface area contributed by atoms with Gasteiger partial charge in [-0.3, -0.25) is 18.6 Å². The van der Waals surface area contributed by atoms with Crippen LogP contribution >= 0.6 is 7.82 Å². The van der Waals surface area contributed by atoms with Gasteiger partial charge in [-0.2, -0.15) is 0 Å². The van der Waals surface area contributed by atoms with Crippen molar-refractivity contribution in [3.8, 4) is 0 Å². The molecule has 0 rings (SSSR count). The Morgan fingerprint density at radius 3 is 1.40 bits per heavy atom. The minimum Gasteiger partial charge on any atom is -0.462 e. The fourth-order valence-corrected chi connectivity index (χ4v) is 7.24. The summed E-state index contributed by atoms with van der Waals surface area (Å²) in [6, 6.07) is 0. The lowest BCUT2D eigenvalue weighted by Gasteiger charge is -2.24. The van der Waals surface area contributed by atoms with Crippen molar-refractivity contribution in [2.24, 2.45) is 0 Å². The molecule has 0 aliphatic heterocycles. The van der Waals surface area contributed by atoms with Crippen LogP contribution in [0.3, 0.4) is 0 Å². The van der Waals surface area contributed by atoms with Crippen molar-refractivity contribution >= 4 is 19.8 Å². The third-order valence-corrected chi connectivity index (χ3v) is 11.3. The number of unbranched alkanes of at least 4 members (excludes halogenated alkanes) is 22. The van der Waals surface area contributed by atoms with Gasteiger partial charge in [-0.05, 0) is 70.6 Å². The standard InChI is InChI=1S/C50H92NO8P/c1-6-8-10-12-14-16-18-20-22-24-25-27-29-31-33-35-37-39-41-43-50(53)59-48(47-58-60(54,55)57-45-44-51(3,4)5)46-56-49(52)42-40-38-36-34-32-30-28-26-23-21-19-17-15-13-11-9-7-2/h14,16,20,22,28,30,34,36,48H,6-13,15,17-19,21,23-27,29,31-33,35,37-47H2,1-5H3/p+1/b16-14+,22-20+,30-28+,36-34+/t48-/m1/s1. The van der Waals surface area contributed by atoms with Crippen LogP contribution in [0.2, 0.25) is 0 Å². The molecule has 60 heavy (non-hydrogen) atoms. The molecule has 9 nitrogen and oxygen atoms in total. The van der Waals surface area contributed by atoms with Gasteiger partial charge < -0.3 is 18.9 Å². The number of allylic oxidation sites excluding steroid dienone is 8. The normalized spacial score (nSPS) is 13.9. The fraction of sp³-hybridized carbons (Fsp3) is 0.800. The summed E-state index contributed by atoms with van der Waals surface area (Å²) < 4.78 is 34.3. The summed E-state index contributed by atoms with van der Waals surface area (Å²) in [7, 11) is 1.45. The number of quaternary nitrogens is 1. The first kappa shape index (κ1) is 58.0. The molecular weight excluding hydrogens is 774 g/mol. The maximum absolute atomic E-state index is 12.7. The molecule has 0 aromatic heterocycles. The predicted molar refractivity (Wildman–Crippen MR) is 252 cm³/mol. The highest BCUT2D eigenvalue weighted by atomic mass is 31.2. The topological polar surface area (TPSA) is 108 Å². The zero-order valence-corrected chi connectivity index (χ0v) is 40.3. The molecule has 1 unspecified atom stereocenters. The van der Waals surface area contributed by atoms with Crippen LogP contribution in [-0.4, -0.2) is 74.9 Å². The quantitative estimate of drug-likeness (QED) is 0.0212. The third-order valence-electron chi connectivity index (χ3n) is 10.3. The van der Waals surface area contributed by atoms with E-state index in [1.807, 2.05) is 21.1 Å². The SMILES string of the molecule is CCCCC/C=C/C/C=C/CCCCCCCCCCCC(=O)O[C@H](COC(=O)CCC/C=C/C/C=C/CCCCCCCCCCC)COP(=O)(O)OCC[N+](C)(C)C. The Morgan fingerprint density at radius 1 is 0.517 bits per heavy atom. The highest BCUT2D eigenvalue weighted by molar-refractivity contribution is 7.47. The number of phosphoric acid groups is 1. The third kappa shape index (κ3) is 45.5. The number of esters is 2. The van der Waals surface area contributed by atoms with Crippen molar-refractivity contribution in [2.45, 2.75) is 213 Å². The highest BCUT2D eigenvalue weighted by Crippen LogP contribution is 2.43. The first-order valence-electron chi connectivity index (χ1n) is 24.4. The molecule has 0 spiro atoms. The zero-order valence-electron chi connectivity index (χ0n) is 39.4. The van der Waals surface area contributed by atoms with E-state index in [1.54, 1.807) is 0 Å². The van der Waals surface area contributed by atoms with Crippen molar-refractivity contribution in [3.63, 3.8) is 0 Å². The smallest absolute Gasteiger partial charge is 0.462 e. The summed E-state index contributed by atoms with van der Waals surface area (Å²) in [5, 5.41) is 0. The highest BCUT2D eigenvalue weighted by Gasteiger charge is 2.27. The molecule has 10 heteroatoms. The molecule has 0 radical (unpaired) electrons. The molecule has 0 heterocycles. The molecule has 2 atom stereocenters. The van der Waals surface area contributed by atoms with Crippen molar-refractivity contribution in [1.29, 1.82) is 0 Å². The van der Waals surface area contributed by atoms with Crippen LogP contribution in [0.15, 0.2) is 48.6 Å². The second-order valence-electron chi connectivity index (χ2n) is 17.5. The van der Waals surface area contributed by atoms with Crippen molar-refractivity contribution in [2.75, 3.05) is 47.5 Å². The fourth-order valence-electron chi connectivity index (χ4n) is 6.50. The van der Waals surface area contributed by atoms with E-state index in [0.717, 1.165) is 51.4 Å². The molecule has 0 fully saturated rings. The van der Waals surface area contributed by atoms with Crippen LogP contribution in [-0.2, 0) is 32.7 Å². The van der Waals surface area contributed by atoms with E-state index in [0.29, 0.717) is 23.9 Å². The van der Waals surface area contributed by atoms with Crippen LogP contribution < -0.4 is 0 Å². The minimum absolute atomic E-state index is 0.0238. The van der Waals surface area contributed by atoms with Gasteiger partial charge in [0, 0.05) is 12.8 Å². The van der Waals surface area contributed by atoms with Gasteiger partial charge >= 0.3 is 19.8 Å². The second kappa shape index (κ2) is 42.3. The second-order valence-corrected chi connectivity index (χ2v) is 18.9. The Labute approximate surface area is 369 Å². The first-order valence-corrected chi connectivity index (χ1v) is 25.9. The summed E-state index contributed by atoms with van der Waals surface area (Å²) in [5.74, 6) is -0.854. The molecule has 350 valence electrons. The van der Waals surface area contributed by atoms with Crippen LogP contribution in [0, 0.1) is 0 Å². The van der Waals surface area contributed by atoms with E-state index in [9.17, 15) is 19.0 Å². The average Bonchev–Trinajstić information content (AvgIpc) is 3.20. The maximum atomic E-state index is 12.7. The van der Waals surface area contributed by atoms with Crippen molar-refractivity contribution < 1.29 is 42.1 Å². The number of hydrogen-bond donors (Lipinski definition) is 1. The van der Waals surface area contributed by atoms with Gasteiger partial charge in [-0.25, -0.2) is 4.57 Å². The molecule has 0 saturated carbocycles. The van der Waals surface area contributed by atoms with Crippen molar-refractivity contribution in [3.05, 3.63) is 48.6 Å². The lowest BCUT2D eigenvalue weighted by Crippen LogP contribution is -2.37. The molecule has 0 aromatic carbocycles.